The zero-order valence-corrected chi connectivity index (χ0v) is 10.3. The monoisotopic (exact) mass is 256 g/mol. The smallest absolute Gasteiger partial charge is 0.408 e. The van der Waals surface area contributed by atoms with E-state index < -0.39 is 18.1 Å². The summed E-state index contributed by atoms with van der Waals surface area (Å²) in [6.07, 6.45) is 4.08. The molecule has 2 heterocycles. The van der Waals surface area contributed by atoms with Gasteiger partial charge in [-0.2, -0.15) is 0 Å². The molecule has 18 heavy (non-hydrogen) atoms. The zero-order chi connectivity index (χ0) is 13.1. The van der Waals surface area contributed by atoms with Gasteiger partial charge in [-0.1, -0.05) is 0 Å². The molecule has 2 aliphatic heterocycles. The summed E-state index contributed by atoms with van der Waals surface area (Å²) in [5.74, 6) is -0.965. The molecule has 0 spiro atoms. The van der Waals surface area contributed by atoms with Gasteiger partial charge in [0.25, 0.3) is 0 Å². The molecule has 3 fully saturated rings. The molecule has 3 unspecified atom stereocenters. The summed E-state index contributed by atoms with van der Waals surface area (Å²) in [6.45, 7) is 2.50. The number of carboxylic acids is 1. The second kappa shape index (κ2) is 5.56. The SMILES string of the molecule is C1CCNC1.O=C(O)C1C2CCC(C2)N1C(=O)O. The van der Waals surface area contributed by atoms with Crippen molar-refractivity contribution in [3.8, 4) is 0 Å². The first-order valence-corrected chi connectivity index (χ1v) is 6.56. The van der Waals surface area contributed by atoms with E-state index >= 15 is 0 Å². The van der Waals surface area contributed by atoms with Crippen molar-refractivity contribution in [2.45, 2.75) is 44.2 Å². The average molecular weight is 256 g/mol. The van der Waals surface area contributed by atoms with Gasteiger partial charge in [0.15, 0.2) is 0 Å². The Kier molecular flexibility index (Phi) is 4.06. The molecule has 2 saturated heterocycles. The molecule has 0 aromatic carbocycles. The van der Waals surface area contributed by atoms with Crippen LogP contribution in [0.5, 0.6) is 0 Å². The molecule has 1 amide bonds. The van der Waals surface area contributed by atoms with Crippen molar-refractivity contribution in [3.63, 3.8) is 0 Å². The second-order valence-corrected chi connectivity index (χ2v) is 5.16. The first-order valence-electron chi connectivity index (χ1n) is 6.56. The molecular formula is C12H20N2O4. The van der Waals surface area contributed by atoms with Gasteiger partial charge in [-0.25, -0.2) is 9.59 Å². The van der Waals surface area contributed by atoms with Gasteiger partial charge in [0.05, 0.1) is 0 Å². The van der Waals surface area contributed by atoms with E-state index in [-0.39, 0.29) is 12.0 Å². The predicted octanol–water partition coefficient (Wildman–Crippen LogP) is 0.972. The van der Waals surface area contributed by atoms with E-state index in [4.69, 9.17) is 10.2 Å². The maximum atomic E-state index is 10.8. The van der Waals surface area contributed by atoms with Gasteiger partial charge in [0, 0.05) is 6.04 Å². The maximum Gasteiger partial charge on any atom is 0.408 e. The fourth-order valence-electron chi connectivity index (χ4n) is 3.21. The minimum Gasteiger partial charge on any atom is -0.480 e. The number of nitrogens with one attached hydrogen (secondary N) is 1. The zero-order valence-electron chi connectivity index (χ0n) is 10.3. The molecule has 2 bridgehead atoms. The highest BCUT2D eigenvalue weighted by Crippen LogP contribution is 2.42. The molecule has 6 nitrogen and oxygen atoms in total. The Morgan fingerprint density at radius 1 is 1.11 bits per heavy atom. The largest absolute Gasteiger partial charge is 0.480 e. The molecule has 3 aliphatic rings. The van der Waals surface area contributed by atoms with E-state index in [1.165, 1.54) is 25.9 Å². The van der Waals surface area contributed by atoms with Crippen LogP contribution in [0.25, 0.3) is 0 Å². The predicted molar refractivity (Wildman–Crippen MR) is 64.5 cm³/mol. The molecule has 6 heteroatoms. The van der Waals surface area contributed by atoms with Gasteiger partial charge < -0.3 is 15.5 Å². The van der Waals surface area contributed by atoms with Crippen molar-refractivity contribution in [3.05, 3.63) is 0 Å². The summed E-state index contributed by atoms with van der Waals surface area (Å²) in [5.41, 5.74) is 0. The molecule has 1 aliphatic carbocycles. The highest BCUT2D eigenvalue weighted by Gasteiger charge is 2.51. The molecule has 0 radical (unpaired) electrons. The Hall–Kier alpha value is -1.30. The Labute approximate surface area is 106 Å². The molecule has 0 aromatic heterocycles. The van der Waals surface area contributed by atoms with Crippen LogP contribution in [-0.4, -0.2) is 52.3 Å². The molecule has 3 atom stereocenters. The Bertz CT molecular complexity index is 296. The molecule has 0 aromatic rings. The second-order valence-electron chi connectivity index (χ2n) is 5.16. The van der Waals surface area contributed by atoms with E-state index in [1.54, 1.807) is 0 Å². The van der Waals surface area contributed by atoms with Crippen LogP contribution in [0.15, 0.2) is 0 Å². The number of aliphatic carboxylic acids is 1. The fourth-order valence-corrected chi connectivity index (χ4v) is 3.21. The lowest BCUT2D eigenvalue weighted by molar-refractivity contribution is -0.144. The van der Waals surface area contributed by atoms with E-state index in [9.17, 15) is 9.59 Å². The third kappa shape index (κ3) is 2.58. The summed E-state index contributed by atoms with van der Waals surface area (Å²) in [7, 11) is 0. The summed E-state index contributed by atoms with van der Waals surface area (Å²) >= 11 is 0. The van der Waals surface area contributed by atoms with Crippen LogP contribution < -0.4 is 5.32 Å². The number of carbonyl (C=O) groups is 2. The van der Waals surface area contributed by atoms with Crippen molar-refractivity contribution in [2.24, 2.45) is 5.92 Å². The topological polar surface area (TPSA) is 89.9 Å². The van der Waals surface area contributed by atoms with Gasteiger partial charge in [0.1, 0.15) is 6.04 Å². The van der Waals surface area contributed by atoms with Gasteiger partial charge in [0.2, 0.25) is 0 Å². The standard InChI is InChI=1S/C8H11NO4.C4H9N/c10-7(11)6-4-1-2-5(3-4)9(6)8(12)13;1-2-4-5-3-1/h4-6H,1-3H2,(H,10,11)(H,12,13);5H,1-4H2. The summed E-state index contributed by atoms with van der Waals surface area (Å²) in [4.78, 5) is 22.7. The Morgan fingerprint density at radius 2 is 1.78 bits per heavy atom. The minimum atomic E-state index is -1.10. The van der Waals surface area contributed by atoms with Crippen LogP contribution in [0.4, 0.5) is 4.79 Å². The van der Waals surface area contributed by atoms with Crippen LogP contribution in [0.3, 0.4) is 0 Å². The number of carboxylic acid groups (broad SMARTS) is 2. The molecule has 3 N–H and O–H groups in total. The normalized spacial score (nSPS) is 33.1. The van der Waals surface area contributed by atoms with Gasteiger partial charge in [-0.05, 0) is 51.1 Å². The van der Waals surface area contributed by atoms with E-state index in [0.29, 0.717) is 0 Å². The number of rotatable bonds is 1. The molecular weight excluding hydrogens is 236 g/mol. The first-order chi connectivity index (χ1) is 8.61. The van der Waals surface area contributed by atoms with Crippen LogP contribution >= 0.6 is 0 Å². The van der Waals surface area contributed by atoms with Crippen molar-refractivity contribution >= 4 is 12.1 Å². The highest BCUT2D eigenvalue weighted by molar-refractivity contribution is 5.81. The summed E-state index contributed by atoms with van der Waals surface area (Å²) in [6, 6.07) is -0.847. The average Bonchev–Trinajstić information content (AvgIpc) is 3.06. The number of hydrogen-bond donors (Lipinski definition) is 3. The molecule has 3 rings (SSSR count). The lowest BCUT2D eigenvalue weighted by Gasteiger charge is -2.29. The molecule has 1 saturated carbocycles. The van der Waals surface area contributed by atoms with Crippen molar-refractivity contribution in [1.29, 1.82) is 0 Å². The van der Waals surface area contributed by atoms with Crippen molar-refractivity contribution < 1.29 is 19.8 Å². The quantitative estimate of drug-likeness (QED) is 0.650. The van der Waals surface area contributed by atoms with Crippen LogP contribution in [0, 0.1) is 5.92 Å². The number of hydrogen-bond acceptors (Lipinski definition) is 3. The lowest BCUT2D eigenvalue weighted by Crippen LogP contribution is -2.48. The van der Waals surface area contributed by atoms with Crippen molar-refractivity contribution in [1.82, 2.24) is 10.2 Å². The van der Waals surface area contributed by atoms with Crippen LogP contribution in [0.2, 0.25) is 0 Å². The van der Waals surface area contributed by atoms with Crippen LogP contribution in [-0.2, 0) is 4.79 Å². The van der Waals surface area contributed by atoms with Gasteiger partial charge >= 0.3 is 12.1 Å². The Balaban J connectivity index is 0.000000202. The number of fused-ring (bicyclic) bond motifs is 2. The van der Waals surface area contributed by atoms with Gasteiger partial charge in [-0.3, -0.25) is 4.90 Å². The van der Waals surface area contributed by atoms with Crippen LogP contribution in [0.1, 0.15) is 32.1 Å². The van der Waals surface area contributed by atoms with E-state index in [0.717, 1.165) is 24.2 Å². The maximum absolute atomic E-state index is 10.8. The number of piperidine rings is 1. The van der Waals surface area contributed by atoms with Crippen molar-refractivity contribution in [2.75, 3.05) is 13.1 Å². The number of nitrogens with zero attached hydrogens (tertiary/aromatic N) is 1. The van der Waals surface area contributed by atoms with Gasteiger partial charge in [-0.15, -0.1) is 0 Å². The van der Waals surface area contributed by atoms with E-state index in [1.807, 2.05) is 0 Å². The first kappa shape index (κ1) is 13.1. The third-order valence-electron chi connectivity index (χ3n) is 4.02. The number of amides is 1. The minimum absolute atomic E-state index is 0.0404. The number of likely N-dealkylation sites (tertiary alicyclic amines) is 1. The molecule has 102 valence electrons. The summed E-state index contributed by atoms with van der Waals surface area (Å²) in [5, 5.41) is 20.9. The van der Waals surface area contributed by atoms with E-state index in [2.05, 4.69) is 5.32 Å². The Morgan fingerprint density at radius 3 is 2.17 bits per heavy atom. The third-order valence-corrected chi connectivity index (χ3v) is 4.02. The summed E-state index contributed by atoms with van der Waals surface area (Å²) < 4.78 is 0. The fraction of sp³-hybridized carbons (Fsp3) is 0.833. The highest BCUT2D eigenvalue weighted by atomic mass is 16.4. The lowest BCUT2D eigenvalue weighted by atomic mass is 9.99.